The quantitative estimate of drug-likeness (QED) is 0.482. The molecule has 0 saturated heterocycles. The van der Waals surface area contributed by atoms with Crippen LogP contribution in [0, 0.1) is 5.82 Å². The van der Waals surface area contributed by atoms with Gasteiger partial charge in [0.1, 0.15) is 11.4 Å². The third-order valence-electron chi connectivity index (χ3n) is 2.07. The Labute approximate surface area is 127 Å². The Hall–Kier alpha value is -2.84. The zero-order valence-electron chi connectivity index (χ0n) is 12.6. The topological polar surface area (TPSA) is 141 Å². The van der Waals surface area contributed by atoms with Crippen LogP contribution in [0.2, 0.25) is 0 Å². The molecule has 0 unspecified atom stereocenters. The van der Waals surface area contributed by atoms with Crippen molar-refractivity contribution in [1.29, 1.82) is 0 Å². The lowest BCUT2D eigenvalue weighted by molar-refractivity contribution is 0.0635. The number of hydrogen-bond donors (Lipinski definition) is 4. The first-order chi connectivity index (χ1) is 10.1. The minimum absolute atomic E-state index is 0.104. The lowest BCUT2D eigenvalue weighted by Gasteiger charge is -2.19. The minimum atomic E-state index is -0.787. The average Bonchev–Trinajstić information content (AvgIpc) is 2.29. The van der Waals surface area contributed by atoms with Crippen molar-refractivity contribution in [2.24, 2.45) is 27.2 Å². The van der Waals surface area contributed by atoms with E-state index in [4.69, 9.17) is 21.9 Å². The average molecular weight is 310 g/mol. The molecule has 1 amide bonds. The number of hydrogen-bond acceptors (Lipinski definition) is 3. The van der Waals surface area contributed by atoms with E-state index < -0.39 is 17.5 Å². The summed E-state index contributed by atoms with van der Waals surface area (Å²) >= 11 is 0. The van der Waals surface area contributed by atoms with E-state index in [-0.39, 0.29) is 23.3 Å². The van der Waals surface area contributed by atoms with Gasteiger partial charge in [0.2, 0.25) is 5.96 Å². The molecule has 0 spiro atoms. The monoisotopic (exact) mass is 310 g/mol. The summed E-state index contributed by atoms with van der Waals surface area (Å²) in [4.78, 5) is 19.0. The van der Waals surface area contributed by atoms with Crippen LogP contribution in [0.25, 0.3) is 0 Å². The van der Waals surface area contributed by atoms with Gasteiger partial charge in [-0.2, -0.15) is 4.99 Å². The van der Waals surface area contributed by atoms with Gasteiger partial charge in [-0.3, -0.25) is 5.32 Å². The van der Waals surface area contributed by atoms with Crippen LogP contribution in [0.3, 0.4) is 0 Å². The Kier molecular flexibility index (Phi) is 5.28. The van der Waals surface area contributed by atoms with E-state index in [2.05, 4.69) is 15.3 Å². The zero-order valence-corrected chi connectivity index (χ0v) is 12.6. The number of carbonyl (C=O) groups excluding carboxylic acids is 1. The summed E-state index contributed by atoms with van der Waals surface area (Å²) < 4.78 is 18.7. The van der Waals surface area contributed by atoms with E-state index >= 15 is 0 Å². The largest absolute Gasteiger partial charge is 0.444 e. The molecule has 0 atom stereocenters. The molecule has 22 heavy (non-hydrogen) atoms. The second kappa shape index (κ2) is 6.74. The maximum Gasteiger partial charge on any atom is 0.412 e. The molecule has 1 aromatic rings. The fourth-order valence-corrected chi connectivity index (χ4v) is 1.38. The summed E-state index contributed by atoms with van der Waals surface area (Å²) in [7, 11) is 0. The summed E-state index contributed by atoms with van der Waals surface area (Å²) in [5.74, 6) is -1.10. The predicted octanol–water partition coefficient (Wildman–Crippen LogP) is 1.39. The number of anilines is 1. The van der Waals surface area contributed by atoms with Crippen LogP contribution in [0.4, 0.5) is 20.6 Å². The van der Waals surface area contributed by atoms with E-state index in [9.17, 15) is 9.18 Å². The van der Waals surface area contributed by atoms with Crippen LogP contribution >= 0.6 is 0 Å². The summed E-state index contributed by atoms with van der Waals surface area (Å²) in [6.45, 7) is 5.08. The van der Waals surface area contributed by atoms with E-state index in [1.54, 1.807) is 20.8 Å². The molecule has 8 nitrogen and oxygen atoms in total. The maximum atomic E-state index is 13.7. The van der Waals surface area contributed by atoms with Crippen molar-refractivity contribution in [3.05, 3.63) is 24.0 Å². The fourth-order valence-electron chi connectivity index (χ4n) is 1.38. The number of rotatable bonds is 2. The Bertz CT molecular complexity index is 617. The SMILES string of the molecule is CC(C)(C)OC(=O)Nc1cc(N=C(N)N=C(N)N)ccc1F. The molecule has 120 valence electrons. The van der Waals surface area contributed by atoms with Crippen LogP contribution in [-0.2, 0) is 4.74 Å². The van der Waals surface area contributed by atoms with E-state index in [0.717, 1.165) is 6.07 Å². The number of nitrogens with one attached hydrogen (secondary N) is 1. The van der Waals surface area contributed by atoms with Crippen molar-refractivity contribution in [1.82, 2.24) is 0 Å². The molecule has 1 aromatic carbocycles. The Morgan fingerprint density at radius 3 is 2.45 bits per heavy atom. The van der Waals surface area contributed by atoms with Crippen molar-refractivity contribution >= 4 is 29.4 Å². The highest BCUT2D eigenvalue weighted by atomic mass is 19.1. The maximum absolute atomic E-state index is 13.7. The smallest absolute Gasteiger partial charge is 0.412 e. The highest BCUT2D eigenvalue weighted by Crippen LogP contribution is 2.22. The first-order valence-electron chi connectivity index (χ1n) is 6.30. The molecule has 0 aliphatic rings. The number of guanidine groups is 2. The normalized spacial score (nSPS) is 11.7. The van der Waals surface area contributed by atoms with Crippen LogP contribution in [0.1, 0.15) is 20.8 Å². The fraction of sp³-hybridized carbons (Fsp3) is 0.308. The molecule has 0 heterocycles. The second-order valence-electron chi connectivity index (χ2n) is 5.30. The molecular formula is C13H19FN6O2. The molecule has 0 aromatic heterocycles. The van der Waals surface area contributed by atoms with E-state index in [1.807, 2.05) is 0 Å². The van der Waals surface area contributed by atoms with E-state index in [1.165, 1.54) is 12.1 Å². The van der Waals surface area contributed by atoms with Crippen molar-refractivity contribution in [3.63, 3.8) is 0 Å². The van der Waals surface area contributed by atoms with Crippen LogP contribution < -0.4 is 22.5 Å². The van der Waals surface area contributed by atoms with Crippen molar-refractivity contribution in [3.8, 4) is 0 Å². The van der Waals surface area contributed by atoms with Gasteiger partial charge in [0, 0.05) is 0 Å². The third kappa shape index (κ3) is 6.07. The number of nitrogens with two attached hydrogens (primary N) is 3. The van der Waals surface area contributed by atoms with Gasteiger partial charge in [0.05, 0.1) is 11.4 Å². The van der Waals surface area contributed by atoms with Gasteiger partial charge in [-0.15, -0.1) is 0 Å². The lowest BCUT2D eigenvalue weighted by Crippen LogP contribution is -2.27. The molecular weight excluding hydrogens is 291 g/mol. The zero-order chi connectivity index (χ0) is 16.9. The van der Waals surface area contributed by atoms with Gasteiger partial charge < -0.3 is 21.9 Å². The molecule has 0 bridgehead atoms. The molecule has 0 radical (unpaired) electrons. The number of aliphatic imine (C=N–C) groups is 2. The van der Waals surface area contributed by atoms with Crippen LogP contribution in [0.5, 0.6) is 0 Å². The molecule has 7 N–H and O–H groups in total. The number of carbonyl (C=O) groups is 1. The van der Waals surface area contributed by atoms with E-state index in [0.29, 0.717) is 0 Å². The molecule has 0 saturated carbocycles. The number of ether oxygens (including phenoxy) is 1. The third-order valence-corrected chi connectivity index (χ3v) is 2.07. The van der Waals surface area contributed by atoms with Crippen LogP contribution in [-0.4, -0.2) is 23.6 Å². The minimum Gasteiger partial charge on any atom is -0.444 e. The summed E-state index contributed by atoms with van der Waals surface area (Å²) in [5.41, 5.74) is 15.2. The number of nitrogens with zero attached hydrogens (tertiary/aromatic N) is 2. The summed E-state index contributed by atoms with van der Waals surface area (Å²) in [6, 6.07) is 3.74. The van der Waals surface area contributed by atoms with Crippen molar-refractivity contribution < 1.29 is 13.9 Å². The molecule has 0 aliphatic carbocycles. The molecule has 0 fully saturated rings. The first kappa shape index (κ1) is 17.2. The highest BCUT2D eigenvalue weighted by Gasteiger charge is 2.17. The van der Waals surface area contributed by atoms with Crippen molar-refractivity contribution in [2.45, 2.75) is 26.4 Å². The second-order valence-corrected chi connectivity index (χ2v) is 5.30. The highest BCUT2D eigenvalue weighted by molar-refractivity contribution is 5.94. The number of benzene rings is 1. The Morgan fingerprint density at radius 1 is 1.27 bits per heavy atom. The molecule has 1 rings (SSSR count). The van der Waals surface area contributed by atoms with Gasteiger partial charge in [-0.05, 0) is 39.0 Å². The van der Waals surface area contributed by atoms with Gasteiger partial charge in [-0.25, -0.2) is 14.2 Å². The molecule has 9 heteroatoms. The number of amides is 1. The Balaban J connectivity index is 2.96. The predicted molar refractivity (Wildman–Crippen MR) is 83.3 cm³/mol. The summed E-state index contributed by atoms with van der Waals surface area (Å²) in [6.07, 6.45) is -0.787. The van der Waals surface area contributed by atoms with Gasteiger partial charge in [0.15, 0.2) is 5.96 Å². The van der Waals surface area contributed by atoms with Gasteiger partial charge >= 0.3 is 6.09 Å². The Morgan fingerprint density at radius 2 is 1.91 bits per heavy atom. The van der Waals surface area contributed by atoms with Crippen LogP contribution in [0.15, 0.2) is 28.2 Å². The van der Waals surface area contributed by atoms with Gasteiger partial charge in [-0.1, -0.05) is 0 Å². The number of halogens is 1. The summed E-state index contributed by atoms with van der Waals surface area (Å²) in [5, 5.41) is 2.29. The van der Waals surface area contributed by atoms with Gasteiger partial charge in [0.25, 0.3) is 0 Å². The lowest BCUT2D eigenvalue weighted by atomic mass is 10.2. The first-order valence-corrected chi connectivity index (χ1v) is 6.30. The standard InChI is InChI=1S/C13H19FN6O2/c1-13(2,3)22-12(21)19-9-6-7(4-5-8(9)14)18-11(17)20-10(15)16/h4-6H,1-3H3,(H,19,21)(H6,15,16,17,18,20). The van der Waals surface area contributed by atoms with Crippen molar-refractivity contribution in [2.75, 3.05) is 5.32 Å². The molecule has 0 aliphatic heterocycles.